The van der Waals surface area contributed by atoms with Crippen molar-refractivity contribution in [1.29, 1.82) is 0 Å². The van der Waals surface area contributed by atoms with Crippen LogP contribution < -0.4 is 4.65 Å². The molecule has 0 saturated heterocycles. The predicted octanol–water partition coefficient (Wildman–Crippen LogP) is 7.47. The molecule has 0 aliphatic rings. The molecular formula is C29H16BF7O2. The molecule has 39 heavy (non-hydrogen) atoms. The first-order valence-electron chi connectivity index (χ1n) is 11.5. The van der Waals surface area contributed by atoms with E-state index in [1.165, 1.54) is 0 Å². The van der Waals surface area contributed by atoms with Gasteiger partial charge in [0, 0.05) is 0 Å². The average molecular weight is 540 g/mol. The Hall–Kier alpha value is -4.31. The lowest BCUT2D eigenvalue weighted by Gasteiger charge is -2.36. The van der Waals surface area contributed by atoms with E-state index in [0.29, 0.717) is 16.7 Å². The van der Waals surface area contributed by atoms with Crippen LogP contribution in [0.1, 0.15) is 16.7 Å². The molecule has 5 rings (SSSR count). The Kier molecular flexibility index (Phi) is 7.05. The summed E-state index contributed by atoms with van der Waals surface area (Å²) in [6.07, 6.45) is 0. The number of benzene rings is 5. The highest BCUT2D eigenvalue weighted by Gasteiger charge is 2.38. The van der Waals surface area contributed by atoms with Crippen LogP contribution in [0.5, 0.6) is 5.75 Å². The Bertz CT molecular complexity index is 1550. The largest absolute Gasteiger partial charge is 0.536 e. The maximum atomic E-state index is 14.8. The highest BCUT2D eigenvalue weighted by Crippen LogP contribution is 2.42. The van der Waals surface area contributed by atoms with Crippen molar-refractivity contribution >= 4 is 18.5 Å². The number of halogens is 7. The van der Waals surface area contributed by atoms with Crippen LogP contribution in [0.15, 0.2) is 91.0 Å². The number of fused-ring (bicyclic) bond motifs is 1. The molecule has 0 unspecified atom stereocenters. The molecule has 5 aromatic carbocycles. The molecule has 10 heteroatoms. The molecule has 0 N–H and O–H groups in total. The molecule has 0 aliphatic heterocycles. The Labute approximate surface area is 218 Å². The van der Waals surface area contributed by atoms with Crippen molar-refractivity contribution < 1.29 is 40.0 Å². The van der Waals surface area contributed by atoms with Crippen molar-refractivity contribution in [2.75, 3.05) is 0 Å². The smallest absolute Gasteiger partial charge is 0.508 e. The van der Waals surface area contributed by atoms with Crippen LogP contribution >= 0.6 is 0 Å². The summed E-state index contributed by atoms with van der Waals surface area (Å²) in [6.45, 7) is 0. The van der Waals surface area contributed by atoms with Gasteiger partial charge in [-0.05, 0) is 16.7 Å². The zero-order chi connectivity index (χ0) is 27.7. The van der Waals surface area contributed by atoms with E-state index >= 15 is 0 Å². The molecule has 0 atom stereocenters. The summed E-state index contributed by atoms with van der Waals surface area (Å²) in [5, 5.41) is -3.09. The third kappa shape index (κ3) is 4.30. The highest BCUT2D eigenvalue weighted by atomic mass is 19.2. The summed E-state index contributed by atoms with van der Waals surface area (Å²) in [7, 11) is -0.935. The van der Waals surface area contributed by atoms with Crippen molar-refractivity contribution in [3.63, 3.8) is 0 Å². The number of hydrogen-bond donors (Lipinski definition) is 0. The molecule has 0 bridgehead atoms. The molecule has 196 valence electrons. The summed E-state index contributed by atoms with van der Waals surface area (Å²) in [4.78, 5) is 0. The molecule has 0 saturated carbocycles. The maximum Gasteiger partial charge on any atom is 0.508 e. The molecule has 0 spiro atoms. The fourth-order valence-corrected chi connectivity index (χ4v) is 4.55. The minimum absolute atomic E-state index is 0.590. The summed E-state index contributed by atoms with van der Waals surface area (Å²) in [6, 6.07) is 26.3. The SMILES string of the molecule is Fc1c(F)c(F)c2c(OBOC(c3ccccc3)(c3ccccc3)c3ccccc3)c(F)c(F)c(F)c2c1F. The maximum absolute atomic E-state index is 14.8. The van der Waals surface area contributed by atoms with Crippen LogP contribution in [0.3, 0.4) is 0 Å². The van der Waals surface area contributed by atoms with Gasteiger partial charge in [-0.1, -0.05) is 91.0 Å². The van der Waals surface area contributed by atoms with Gasteiger partial charge in [-0.3, -0.25) is 0 Å². The van der Waals surface area contributed by atoms with Crippen LogP contribution in [-0.2, 0) is 10.3 Å². The highest BCUT2D eigenvalue weighted by molar-refractivity contribution is 6.20. The zero-order valence-corrected chi connectivity index (χ0v) is 19.8. The molecule has 0 aliphatic carbocycles. The van der Waals surface area contributed by atoms with E-state index < -0.39 is 70.5 Å². The monoisotopic (exact) mass is 540 g/mol. The van der Waals surface area contributed by atoms with Crippen LogP contribution in [-0.4, -0.2) is 7.69 Å². The third-order valence-electron chi connectivity index (χ3n) is 6.32. The molecule has 0 amide bonds. The lowest BCUT2D eigenvalue weighted by molar-refractivity contribution is 0.140. The van der Waals surface area contributed by atoms with Gasteiger partial charge in [-0.2, -0.15) is 4.39 Å². The fourth-order valence-electron chi connectivity index (χ4n) is 4.55. The van der Waals surface area contributed by atoms with Crippen molar-refractivity contribution in [3.8, 4) is 5.75 Å². The summed E-state index contributed by atoms with van der Waals surface area (Å²) in [5.74, 6) is -17.1. The first kappa shape index (κ1) is 26.3. The van der Waals surface area contributed by atoms with E-state index in [1.54, 1.807) is 91.0 Å². The minimum atomic E-state index is -2.39. The Morgan fingerprint density at radius 3 is 1.21 bits per heavy atom. The first-order chi connectivity index (χ1) is 18.8. The fraction of sp³-hybridized carbons (Fsp3) is 0.0345. The van der Waals surface area contributed by atoms with Crippen molar-refractivity contribution in [3.05, 3.63) is 148 Å². The predicted molar refractivity (Wildman–Crippen MR) is 132 cm³/mol. The Balaban J connectivity index is 1.66. The van der Waals surface area contributed by atoms with E-state index in [-0.39, 0.29) is 0 Å². The molecule has 0 radical (unpaired) electrons. The van der Waals surface area contributed by atoms with E-state index in [4.69, 9.17) is 9.31 Å². The second-order valence-corrected chi connectivity index (χ2v) is 8.46. The van der Waals surface area contributed by atoms with Gasteiger partial charge in [0.25, 0.3) is 0 Å². The quantitative estimate of drug-likeness (QED) is 0.0702. The van der Waals surface area contributed by atoms with Gasteiger partial charge in [-0.15, -0.1) is 0 Å². The molecule has 0 fully saturated rings. The van der Waals surface area contributed by atoms with Crippen LogP contribution in [0.25, 0.3) is 10.8 Å². The van der Waals surface area contributed by atoms with Crippen molar-refractivity contribution in [1.82, 2.24) is 0 Å². The zero-order valence-electron chi connectivity index (χ0n) is 19.8. The third-order valence-corrected chi connectivity index (χ3v) is 6.32. The lowest BCUT2D eigenvalue weighted by Crippen LogP contribution is -2.35. The lowest BCUT2D eigenvalue weighted by atomic mass is 9.79. The summed E-state index contributed by atoms with van der Waals surface area (Å²) >= 11 is 0. The normalized spacial score (nSPS) is 11.6. The average Bonchev–Trinajstić information content (AvgIpc) is 2.98. The van der Waals surface area contributed by atoms with Gasteiger partial charge in [0.1, 0.15) is 5.60 Å². The summed E-state index contributed by atoms with van der Waals surface area (Å²) in [5.41, 5.74) is 0.348. The van der Waals surface area contributed by atoms with E-state index in [2.05, 4.69) is 0 Å². The van der Waals surface area contributed by atoms with E-state index in [0.717, 1.165) is 0 Å². The minimum Gasteiger partial charge on any atom is -0.536 e. The van der Waals surface area contributed by atoms with E-state index in [9.17, 15) is 30.7 Å². The van der Waals surface area contributed by atoms with Gasteiger partial charge in [-0.25, -0.2) is 26.3 Å². The van der Waals surface area contributed by atoms with Gasteiger partial charge in [0.15, 0.2) is 40.7 Å². The Morgan fingerprint density at radius 1 is 0.436 bits per heavy atom. The molecular weight excluding hydrogens is 524 g/mol. The second kappa shape index (κ2) is 10.5. The molecule has 0 aromatic heterocycles. The van der Waals surface area contributed by atoms with Gasteiger partial charge >= 0.3 is 7.69 Å². The van der Waals surface area contributed by atoms with Gasteiger partial charge < -0.3 is 9.31 Å². The van der Waals surface area contributed by atoms with Crippen molar-refractivity contribution in [2.24, 2.45) is 0 Å². The first-order valence-corrected chi connectivity index (χ1v) is 11.5. The number of rotatable bonds is 7. The van der Waals surface area contributed by atoms with Crippen LogP contribution in [0, 0.1) is 40.7 Å². The number of hydrogen-bond acceptors (Lipinski definition) is 2. The van der Waals surface area contributed by atoms with Gasteiger partial charge in [0.2, 0.25) is 5.82 Å². The molecule has 0 heterocycles. The van der Waals surface area contributed by atoms with Crippen LogP contribution in [0.2, 0.25) is 0 Å². The molecule has 2 nitrogen and oxygen atoms in total. The second-order valence-electron chi connectivity index (χ2n) is 8.46. The Morgan fingerprint density at radius 2 is 0.795 bits per heavy atom. The topological polar surface area (TPSA) is 18.5 Å². The molecule has 5 aromatic rings. The van der Waals surface area contributed by atoms with Crippen molar-refractivity contribution in [2.45, 2.75) is 5.60 Å². The summed E-state index contributed by atoms with van der Waals surface area (Å²) < 4.78 is 112. The van der Waals surface area contributed by atoms with Crippen LogP contribution in [0.4, 0.5) is 30.7 Å². The van der Waals surface area contributed by atoms with E-state index in [1.807, 2.05) is 0 Å². The standard InChI is InChI=1S/C29H16BF7O2/c31-21-19-20(23(33)25(35)24(21)34)28(27(37)26(36)22(19)32)38-30-39-29(16-10-4-1-5-11-16,17-12-6-2-7-13-17)18-14-8-3-9-15-18/h1-15,30H. The van der Waals surface area contributed by atoms with Gasteiger partial charge in [0.05, 0.1) is 10.8 Å².